The Morgan fingerprint density at radius 1 is 0.818 bits per heavy atom. The number of nitrogens with one attached hydrogen (secondary N) is 1. The summed E-state index contributed by atoms with van der Waals surface area (Å²) < 4.78 is 11.5. The Hall–Kier alpha value is -3.44. The summed E-state index contributed by atoms with van der Waals surface area (Å²) in [5.74, 6) is 2.55. The van der Waals surface area contributed by atoms with Gasteiger partial charge in [0.05, 0.1) is 12.8 Å². The van der Waals surface area contributed by atoms with Crippen LogP contribution < -0.4 is 14.4 Å². The Labute approximate surface area is 195 Å². The van der Waals surface area contributed by atoms with Crippen LogP contribution >= 0.6 is 0 Å². The van der Waals surface area contributed by atoms with Gasteiger partial charge >= 0.3 is 0 Å². The number of para-hydroxylation sites is 3. The quantitative estimate of drug-likeness (QED) is 0.379. The fraction of sp³-hybridized carbons (Fsp3) is 0.286. The van der Waals surface area contributed by atoms with Crippen LogP contribution in [-0.2, 0) is 6.42 Å². The molecule has 5 nitrogen and oxygen atoms in total. The van der Waals surface area contributed by atoms with Crippen molar-refractivity contribution in [2.75, 3.05) is 44.7 Å². The lowest BCUT2D eigenvalue weighted by atomic mass is 10.1. The van der Waals surface area contributed by atoms with E-state index in [4.69, 9.17) is 9.47 Å². The number of aromatic amines is 1. The van der Waals surface area contributed by atoms with E-state index in [0.29, 0.717) is 0 Å². The zero-order valence-corrected chi connectivity index (χ0v) is 19.2. The molecule has 3 aromatic carbocycles. The van der Waals surface area contributed by atoms with Crippen LogP contribution in [0.25, 0.3) is 10.9 Å². The van der Waals surface area contributed by atoms with Gasteiger partial charge in [0, 0.05) is 43.3 Å². The summed E-state index contributed by atoms with van der Waals surface area (Å²) >= 11 is 0. The molecule has 33 heavy (non-hydrogen) atoms. The second-order valence-corrected chi connectivity index (χ2v) is 8.54. The number of anilines is 1. The molecule has 2 heterocycles. The van der Waals surface area contributed by atoms with Crippen LogP contribution in [0.15, 0.2) is 79.0 Å². The van der Waals surface area contributed by atoms with Crippen LogP contribution in [0.5, 0.6) is 17.2 Å². The van der Waals surface area contributed by atoms with Crippen molar-refractivity contribution in [1.82, 2.24) is 9.88 Å². The second kappa shape index (κ2) is 10.0. The van der Waals surface area contributed by atoms with Gasteiger partial charge in [0.15, 0.2) is 5.75 Å². The normalized spacial score (nSPS) is 14.5. The minimum absolute atomic E-state index is 0.819. The van der Waals surface area contributed by atoms with Crippen molar-refractivity contribution in [3.05, 3.63) is 84.6 Å². The maximum absolute atomic E-state index is 6.22. The monoisotopic (exact) mass is 441 g/mol. The van der Waals surface area contributed by atoms with Gasteiger partial charge in [-0.1, -0.05) is 30.3 Å². The highest BCUT2D eigenvalue weighted by atomic mass is 16.5. The Kier molecular flexibility index (Phi) is 6.49. The molecule has 0 amide bonds. The molecule has 5 rings (SSSR count). The fourth-order valence-corrected chi connectivity index (χ4v) is 4.62. The zero-order chi connectivity index (χ0) is 22.5. The van der Waals surface area contributed by atoms with Crippen molar-refractivity contribution in [2.45, 2.75) is 12.8 Å². The minimum atomic E-state index is 0.819. The Bertz CT molecular complexity index is 1180. The molecule has 1 fully saturated rings. The summed E-state index contributed by atoms with van der Waals surface area (Å²) in [7, 11) is 1.67. The largest absolute Gasteiger partial charge is 0.497 e. The van der Waals surface area contributed by atoms with E-state index in [2.05, 4.69) is 57.4 Å². The van der Waals surface area contributed by atoms with E-state index >= 15 is 0 Å². The van der Waals surface area contributed by atoms with Gasteiger partial charge in [-0.25, -0.2) is 0 Å². The highest BCUT2D eigenvalue weighted by Gasteiger charge is 2.20. The van der Waals surface area contributed by atoms with Crippen LogP contribution in [0.2, 0.25) is 0 Å². The highest BCUT2D eigenvalue weighted by molar-refractivity contribution is 5.83. The molecular formula is C28H31N3O2. The van der Waals surface area contributed by atoms with Gasteiger partial charge in [0.25, 0.3) is 0 Å². The average molecular weight is 442 g/mol. The van der Waals surface area contributed by atoms with Crippen LogP contribution in [0.3, 0.4) is 0 Å². The molecular weight excluding hydrogens is 410 g/mol. The van der Waals surface area contributed by atoms with Crippen molar-refractivity contribution < 1.29 is 9.47 Å². The van der Waals surface area contributed by atoms with E-state index in [-0.39, 0.29) is 0 Å². The van der Waals surface area contributed by atoms with Crippen LogP contribution in [0, 0.1) is 0 Å². The van der Waals surface area contributed by atoms with Crippen molar-refractivity contribution in [2.24, 2.45) is 0 Å². The van der Waals surface area contributed by atoms with E-state index < -0.39 is 0 Å². The van der Waals surface area contributed by atoms with Crippen molar-refractivity contribution >= 4 is 16.6 Å². The van der Waals surface area contributed by atoms with Crippen LogP contribution in [0.4, 0.5) is 5.69 Å². The maximum Gasteiger partial charge on any atom is 0.150 e. The number of hydrogen-bond donors (Lipinski definition) is 1. The molecule has 170 valence electrons. The molecule has 0 atom stereocenters. The SMILES string of the molecule is COc1ccc(Oc2ccccc2N2CCN(CCCc3c[nH]c4ccccc34)CC2)cc1. The highest BCUT2D eigenvalue weighted by Crippen LogP contribution is 2.33. The van der Waals surface area contributed by atoms with E-state index in [1.807, 2.05) is 36.4 Å². The molecule has 0 unspecified atom stereocenters. The Morgan fingerprint density at radius 3 is 2.36 bits per heavy atom. The number of H-pyrrole nitrogens is 1. The number of ether oxygens (including phenoxy) is 2. The van der Waals surface area contributed by atoms with E-state index in [9.17, 15) is 0 Å². The van der Waals surface area contributed by atoms with Gasteiger partial charge in [-0.05, 0) is 67.4 Å². The van der Waals surface area contributed by atoms with Gasteiger partial charge in [-0.2, -0.15) is 0 Å². The maximum atomic E-state index is 6.22. The second-order valence-electron chi connectivity index (χ2n) is 8.54. The molecule has 0 radical (unpaired) electrons. The summed E-state index contributed by atoms with van der Waals surface area (Å²) in [4.78, 5) is 8.41. The number of benzene rings is 3. The Morgan fingerprint density at radius 2 is 1.55 bits per heavy atom. The molecule has 4 aromatic rings. The number of rotatable bonds is 8. The predicted octanol–water partition coefficient (Wildman–Crippen LogP) is 5.72. The molecule has 1 aliphatic rings. The van der Waals surface area contributed by atoms with Gasteiger partial charge < -0.3 is 19.4 Å². The van der Waals surface area contributed by atoms with Gasteiger partial charge in [-0.15, -0.1) is 0 Å². The van der Waals surface area contributed by atoms with Gasteiger partial charge in [0.2, 0.25) is 0 Å². The van der Waals surface area contributed by atoms with Crippen LogP contribution in [0.1, 0.15) is 12.0 Å². The van der Waals surface area contributed by atoms with Crippen molar-refractivity contribution in [3.8, 4) is 17.2 Å². The molecule has 0 bridgehead atoms. The molecule has 5 heteroatoms. The molecule has 1 N–H and O–H groups in total. The number of hydrogen-bond acceptors (Lipinski definition) is 4. The number of aryl methyl sites for hydroxylation is 1. The minimum Gasteiger partial charge on any atom is -0.497 e. The summed E-state index contributed by atoms with van der Waals surface area (Å²) in [5, 5.41) is 1.36. The number of piperazine rings is 1. The number of fused-ring (bicyclic) bond motifs is 1. The van der Waals surface area contributed by atoms with Gasteiger partial charge in [-0.3, -0.25) is 4.90 Å². The first kappa shape index (κ1) is 21.4. The zero-order valence-electron chi connectivity index (χ0n) is 19.2. The first-order chi connectivity index (χ1) is 16.3. The van der Waals surface area contributed by atoms with E-state index in [0.717, 1.165) is 62.1 Å². The molecule has 1 saturated heterocycles. The third kappa shape index (κ3) is 4.99. The number of methoxy groups -OCH3 is 1. The van der Waals surface area contributed by atoms with Crippen LogP contribution in [-0.4, -0.2) is 49.7 Å². The third-order valence-corrected chi connectivity index (χ3v) is 6.46. The standard InChI is InChI=1S/C28H31N3O2/c1-32-23-12-14-24(15-13-23)33-28-11-5-4-10-27(28)31-19-17-30(18-20-31)16-6-7-22-21-29-26-9-3-2-8-25(22)26/h2-5,8-15,21,29H,6-7,16-20H2,1H3. The summed E-state index contributed by atoms with van der Waals surface area (Å²) in [6.45, 7) is 5.30. The summed E-state index contributed by atoms with van der Waals surface area (Å²) in [6.07, 6.45) is 4.46. The molecule has 1 aliphatic heterocycles. The summed E-state index contributed by atoms with van der Waals surface area (Å²) in [5.41, 5.74) is 3.82. The number of aromatic nitrogens is 1. The molecule has 0 spiro atoms. The third-order valence-electron chi connectivity index (χ3n) is 6.46. The first-order valence-electron chi connectivity index (χ1n) is 11.7. The van der Waals surface area contributed by atoms with E-state index in [1.165, 1.54) is 22.9 Å². The molecule has 0 aliphatic carbocycles. The van der Waals surface area contributed by atoms with E-state index in [1.54, 1.807) is 7.11 Å². The summed E-state index contributed by atoms with van der Waals surface area (Å²) in [6, 6.07) is 24.6. The van der Waals surface area contributed by atoms with Crippen molar-refractivity contribution in [3.63, 3.8) is 0 Å². The average Bonchev–Trinajstić information content (AvgIpc) is 3.28. The fourth-order valence-electron chi connectivity index (χ4n) is 4.62. The molecule has 1 aromatic heterocycles. The lowest BCUT2D eigenvalue weighted by Crippen LogP contribution is -2.46. The smallest absolute Gasteiger partial charge is 0.150 e. The number of nitrogens with zero attached hydrogens (tertiary/aromatic N) is 2. The van der Waals surface area contributed by atoms with Gasteiger partial charge in [0.1, 0.15) is 11.5 Å². The first-order valence-corrected chi connectivity index (χ1v) is 11.7. The molecule has 0 saturated carbocycles. The topological polar surface area (TPSA) is 40.7 Å². The predicted molar refractivity (Wildman–Crippen MR) is 135 cm³/mol. The lowest BCUT2D eigenvalue weighted by molar-refractivity contribution is 0.254. The van der Waals surface area contributed by atoms with Crippen molar-refractivity contribution in [1.29, 1.82) is 0 Å². The lowest BCUT2D eigenvalue weighted by Gasteiger charge is -2.36. The Balaban J connectivity index is 1.15.